The summed E-state index contributed by atoms with van der Waals surface area (Å²) in [5, 5.41) is 0.809. The van der Waals surface area contributed by atoms with Crippen molar-refractivity contribution in [2.75, 3.05) is 17.2 Å². The number of nitrogens with two attached hydrogens (primary N) is 1. The molecule has 1 aliphatic rings. The van der Waals surface area contributed by atoms with Gasteiger partial charge in [0.2, 0.25) is 0 Å². The Morgan fingerprint density at radius 1 is 1.41 bits per heavy atom. The number of nitrogens with zero attached hydrogens (tertiary/aromatic N) is 1. The first-order chi connectivity index (χ1) is 8.00. The number of hydrogen-bond acceptors (Lipinski definition) is 2. The van der Waals surface area contributed by atoms with Crippen LogP contribution >= 0.6 is 11.6 Å². The molecule has 0 aliphatic heterocycles. The standard InChI is InChI=1S/C14H21ClN2/c1-9(2)8-17(11-4-5-11)14-10(3)12(15)6-7-13(14)16/h6-7,9,11H,4-5,8,16H2,1-3H3. The van der Waals surface area contributed by atoms with E-state index in [9.17, 15) is 0 Å². The summed E-state index contributed by atoms with van der Waals surface area (Å²) in [7, 11) is 0. The lowest BCUT2D eigenvalue weighted by atomic mass is 10.1. The van der Waals surface area contributed by atoms with Crippen LogP contribution in [-0.4, -0.2) is 12.6 Å². The van der Waals surface area contributed by atoms with E-state index in [0.717, 1.165) is 28.5 Å². The maximum absolute atomic E-state index is 6.21. The van der Waals surface area contributed by atoms with Crippen LogP contribution in [0.15, 0.2) is 12.1 Å². The number of halogens is 1. The molecule has 2 nitrogen and oxygen atoms in total. The van der Waals surface area contributed by atoms with E-state index in [0.29, 0.717) is 12.0 Å². The Bertz CT molecular complexity index is 411. The SMILES string of the molecule is Cc1c(Cl)ccc(N)c1N(CC(C)C)C1CC1. The average molecular weight is 253 g/mol. The molecule has 0 amide bonds. The first-order valence-corrected chi connectivity index (χ1v) is 6.69. The molecule has 1 saturated carbocycles. The molecule has 0 unspecified atom stereocenters. The van der Waals surface area contributed by atoms with Crippen LogP contribution in [-0.2, 0) is 0 Å². The van der Waals surface area contributed by atoms with Gasteiger partial charge in [0.1, 0.15) is 0 Å². The third-order valence-corrected chi connectivity index (χ3v) is 3.64. The maximum atomic E-state index is 6.21. The number of hydrogen-bond donors (Lipinski definition) is 1. The molecular weight excluding hydrogens is 232 g/mol. The Kier molecular flexibility index (Phi) is 3.53. The van der Waals surface area contributed by atoms with Crippen molar-refractivity contribution in [1.82, 2.24) is 0 Å². The Balaban J connectivity index is 2.38. The van der Waals surface area contributed by atoms with E-state index in [1.165, 1.54) is 12.8 Å². The highest BCUT2D eigenvalue weighted by molar-refractivity contribution is 6.32. The summed E-state index contributed by atoms with van der Waals surface area (Å²) in [6.45, 7) is 7.59. The second-order valence-electron chi connectivity index (χ2n) is 5.39. The molecule has 0 bridgehead atoms. The minimum absolute atomic E-state index is 0.633. The summed E-state index contributed by atoms with van der Waals surface area (Å²) < 4.78 is 0. The first-order valence-electron chi connectivity index (χ1n) is 6.32. The average Bonchev–Trinajstić information content (AvgIpc) is 3.06. The molecule has 0 saturated heterocycles. The minimum atomic E-state index is 0.633. The molecule has 1 aromatic carbocycles. The lowest BCUT2D eigenvalue weighted by molar-refractivity contribution is 0.607. The zero-order chi connectivity index (χ0) is 12.6. The Morgan fingerprint density at radius 2 is 2.06 bits per heavy atom. The van der Waals surface area contributed by atoms with Gasteiger partial charge in [-0.05, 0) is 43.4 Å². The third-order valence-electron chi connectivity index (χ3n) is 3.23. The summed E-state index contributed by atoms with van der Waals surface area (Å²) in [5.74, 6) is 0.633. The normalized spacial score (nSPS) is 15.4. The van der Waals surface area contributed by atoms with Crippen molar-refractivity contribution in [1.29, 1.82) is 0 Å². The van der Waals surface area contributed by atoms with Gasteiger partial charge >= 0.3 is 0 Å². The molecule has 0 spiro atoms. The Hall–Kier alpha value is -0.890. The highest BCUT2D eigenvalue weighted by Crippen LogP contribution is 2.39. The number of benzene rings is 1. The van der Waals surface area contributed by atoms with E-state index in [1.54, 1.807) is 0 Å². The predicted molar refractivity (Wildman–Crippen MR) is 75.8 cm³/mol. The van der Waals surface area contributed by atoms with Crippen LogP contribution in [0.3, 0.4) is 0 Å². The lowest BCUT2D eigenvalue weighted by Crippen LogP contribution is -2.31. The molecule has 2 rings (SSSR count). The Morgan fingerprint density at radius 3 is 2.59 bits per heavy atom. The van der Waals surface area contributed by atoms with E-state index in [-0.39, 0.29) is 0 Å². The monoisotopic (exact) mass is 252 g/mol. The molecule has 0 atom stereocenters. The molecule has 0 radical (unpaired) electrons. The third kappa shape index (κ3) is 2.68. The first kappa shape index (κ1) is 12.6. The maximum Gasteiger partial charge on any atom is 0.0647 e. The summed E-state index contributed by atoms with van der Waals surface area (Å²) in [6, 6.07) is 4.47. The van der Waals surface area contributed by atoms with Crippen molar-refractivity contribution in [3.8, 4) is 0 Å². The molecule has 3 heteroatoms. The predicted octanol–water partition coefficient (Wildman–Crippen LogP) is 3.86. The van der Waals surface area contributed by atoms with Gasteiger partial charge in [-0.3, -0.25) is 0 Å². The molecule has 2 N–H and O–H groups in total. The lowest BCUT2D eigenvalue weighted by Gasteiger charge is -2.30. The van der Waals surface area contributed by atoms with E-state index < -0.39 is 0 Å². The van der Waals surface area contributed by atoms with Gasteiger partial charge in [-0.1, -0.05) is 25.4 Å². The largest absolute Gasteiger partial charge is 0.397 e. The molecule has 1 fully saturated rings. The van der Waals surface area contributed by atoms with Crippen LogP contribution < -0.4 is 10.6 Å². The van der Waals surface area contributed by atoms with Gasteiger partial charge < -0.3 is 10.6 Å². The van der Waals surface area contributed by atoms with Gasteiger partial charge in [0.05, 0.1) is 11.4 Å². The van der Waals surface area contributed by atoms with Gasteiger partial charge in [-0.15, -0.1) is 0 Å². The minimum Gasteiger partial charge on any atom is -0.397 e. The topological polar surface area (TPSA) is 29.3 Å². The van der Waals surface area contributed by atoms with Crippen molar-refractivity contribution in [3.63, 3.8) is 0 Å². The van der Waals surface area contributed by atoms with Crippen molar-refractivity contribution in [2.24, 2.45) is 5.92 Å². The molecule has 0 heterocycles. The summed E-state index contributed by atoms with van der Waals surface area (Å²) in [4.78, 5) is 2.45. The van der Waals surface area contributed by atoms with Gasteiger partial charge in [0, 0.05) is 17.6 Å². The van der Waals surface area contributed by atoms with Crippen molar-refractivity contribution in [2.45, 2.75) is 39.7 Å². The van der Waals surface area contributed by atoms with E-state index in [2.05, 4.69) is 25.7 Å². The number of rotatable bonds is 4. The highest BCUT2D eigenvalue weighted by Gasteiger charge is 2.31. The van der Waals surface area contributed by atoms with Gasteiger partial charge in [0.15, 0.2) is 0 Å². The van der Waals surface area contributed by atoms with Crippen LogP contribution in [0, 0.1) is 12.8 Å². The second-order valence-corrected chi connectivity index (χ2v) is 5.79. The fourth-order valence-corrected chi connectivity index (χ4v) is 2.43. The zero-order valence-electron chi connectivity index (χ0n) is 10.8. The van der Waals surface area contributed by atoms with Crippen molar-refractivity contribution in [3.05, 3.63) is 22.7 Å². The summed E-state index contributed by atoms with van der Waals surface area (Å²) in [6.07, 6.45) is 2.55. The van der Waals surface area contributed by atoms with E-state index >= 15 is 0 Å². The molecule has 94 valence electrons. The highest BCUT2D eigenvalue weighted by atomic mass is 35.5. The quantitative estimate of drug-likeness (QED) is 0.825. The van der Waals surface area contributed by atoms with Crippen LogP contribution in [0.1, 0.15) is 32.3 Å². The van der Waals surface area contributed by atoms with Crippen molar-refractivity contribution >= 4 is 23.0 Å². The Labute approximate surface area is 109 Å². The number of nitrogen functional groups attached to an aromatic ring is 1. The summed E-state index contributed by atoms with van der Waals surface area (Å²) in [5.41, 5.74) is 9.24. The van der Waals surface area contributed by atoms with E-state index in [4.69, 9.17) is 17.3 Å². The van der Waals surface area contributed by atoms with Crippen LogP contribution in [0.5, 0.6) is 0 Å². The molecule has 0 aromatic heterocycles. The van der Waals surface area contributed by atoms with Crippen molar-refractivity contribution < 1.29 is 0 Å². The second kappa shape index (κ2) is 4.77. The van der Waals surface area contributed by atoms with Crippen LogP contribution in [0.25, 0.3) is 0 Å². The molecule has 1 aliphatic carbocycles. The van der Waals surface area contributed by atoms with Crippen LogP contribution in [0.2, 0.25) is 5.02 Å². The molecular formula is C14H21ClN2. The smallest absolute Gasteiger partial charge is 0.0647 e. The van der Waals surface area contributed by atoms with E-state index in [1.807, 2.05) is 12.1 Å². The molecule has 1 aromatic rings. The van der Waals surface area contributed by atoms with Gasteiger partial charge in [-0.2, -0.15) is 0 Å². The fraction of sp³-hybridized carbons (Fsp3) is 0.571. The van der Waals surface area contributed by atoms with Gasteiger partial charge in [0.25, 0.3) is 0 Å². The fourth-order valence-electron chi connectivity index (χ4n) is 2.28. The van der Waals surface area contributed by atoms with Gasteiger partial charge in [-0.25, -0.2) is 0 Å². The van der Waals surface area contributed by atoms with Crippen LogP contribution in [0.4, 0.5) is 11.4 Å². The molecule has 17 heavy (non-hydrogen) atoms. The zero-order valence-corrected chi connectivity index (χ0v) is 11.6. The summed E-state index contributed by atoms with van der Waals surface area (Å²) >= 11 is 6.21. The number of anilines is 2.